The molecule has 2 aromatic rings. The van der Waals surface area contributed by atoms with Crippen LogP contribution < -0.4 is 5.32 Å². The van der Waals surface area contributed by atoms with Crippen LogP contribution in [0.3, 0.4) is 0 Å². The van der Waals surface area contributed by atoms with Crippen LogP contribution in [0, 0.1) is 12.8 Å². The number of ether oxygens (including phenoxy) is 1. The van der Waals surface area contributed by atoms with E-state index in [-0.39, 0.29) is 10.7 Å². The van der Waals surface area contributed by atoms with Crippen LogP contribution >= 0.6 is 23.2 Å². The smallest absolute Gasteiger partial charge is 0.343 e. The Morgan fingerprint density at radius 1 is 1.32 bits per heavy atom. The van der Waals surface area contributed by atoms with Gasteiger partial charge >= 0.3 is 5.97 Å². The third kappa shape index (κ3) is 5.21. The summed E-state index contributed by atoms with van der Waals surface area (Å²) in [7, 11) is 0. The summed E-state index contributed by atoms with van der Waals surface area (Å²) in [5.41, 5.74) is 1.16. The third-order valence-corrected chi connectivity index (χ3v) is 3.87. The summed E-state index contributed by atoms with van der Waals surface area (Å²) in [6.07, 6.45) is 0. The van der Waals surface area contributed by atoms with Gasteiger partial charge in [0, 0.05) is 17.3 Å². The number of hydrogen-bond donors (Lipinski definition) is 1. The number of anilines is 1. The molecule has 0 aliphatic carbocycles. The van der Waals surface area contributed by atoms with Crippen molar-refractivity contribution in [2.45, 2.75) is 27.3 Å². The van der Waals surface area contributed by atoms with Crippen molar-refractivity contribution in [2.75, 3.05) is 11.9 Å². The molecule has 134 valence electrons. The van der Waals surface area contributed by atoms with Crippen molar-refractivity contribution in [3.63, 3.8) is 0 Å². The second-order valence-corrected chi connectivity index (χ2v) is 6.76. The fraction of sp³-hybridized carbons (Fsp3) is 0.353. The zero-order chi connectivity index (χ0) is 18.6. The molecule has 1 heterocycles. The molecule has 0 bridgehead atoms. The van der Waals surface area contributed by atoms with Crippen LogP contribution in [0.2, 0.25) is 10.2 Å². The number of aromatic nitrogens is 2. The van der Waals surface area contributed by atoms with E-state index in [1.807, 2.05) is 13.8 Å². The number of halogens is 2. The number of hydrogen-bond acceptors (Lipinski definition) is 4. The molecular weight excluding hydrogens is 365 g/mol. The van der Waals surface area contributed by atoms with E-state index >= 15 is 0 Å². The van der Waals surface area contributed by atoms with Gasteiger partial charge in [0.1, 0.15) is 10.7 Å². The first-order valence-corrected chi connectivity index (χ1v) is 8.49. The number of nitrogens with one attached hydrogen (secondary N) is 1. The van der Waals surface area contributed by atoms with Crippen molar-refractivity contribution in [3.8, 4) is 0 Å². The van der Waals surface area contributed by atoms with Gasteiger partial charge in [-0.15, -0.1) is 0 Å². The van der Waals surface area contributed by atoms with Gasteiger partial charge in [0.05, 0.1) is 5.69 Å². The molecule has 0 fully saturated rings. The molecule has 0 atom stereocenters. The van der Waals surface area contributed by atoms with Gasteiger partial charge < -0.3 is 10.1 Å². The van der Waals surface area contributed by atoms with Crippen LogP contribution in [0.15, 0.2) is 24.3 Å². The van der Waals surface area contributed by atoms with E-state index in [1.165, 1.54) is 0 Å². The minimum absolute atomic E-state index is 0.179. The molecule has 8 heteroatoms. The SMILES string of the molecule is Cc1nn(CC(C)C)c(Cl)c1C(=O)OCC(=O)Nc1cccc(Cl)c1. The molecule has 1 aromatic carbocycles. The Bertz CT molecular complexity index is 787. The van der Waals surface area contributed by atoms with Crippen molar-refractivity contribution < 1.29 is 14.3 Å². The molecule has 0 saturated heterocycles. The predicted octanol–water partition coefficient (Wildman–Crippen LogP) is 3.95. The molecule has 0 aliphatic rings. The highest BCUT2D eigenvalue weighted by atomic mass is 35.5. The summed E-state index contributed by atoms with van der Waals surface area (Å²) >= 11 is 12.1. The summed E-state index contributed by atoms with van der Waals surface area (Å²) in [6.45, 7) is 5.86. The molecule has 0 spiro atoms. The molecule has 2 rings (SSSR count). The monoisotopic (exact) mass is 383 g/mol. The van der Waals surface area contributed by atoms with E-state index in [0.29, 0.717) is 28.9 Å². The normalized spacial score (nSPS) is 10.8. The maximum atomic E-state index is 12.2. The van der Waals surface area contributed by atoms with Crippen molar-refractivity contribution >= 4 is 40.8 Å². The first-order valence-electron chi connectivity index (χ1n) is 7.73. The average Bonchev–Trinajstić information content (AvgIpc) is 2.78. The van der Waals surface area contributed by atoms with Crippen molar-refractivity contribution in [2.24, 2.45) is 5.92 Å². The Morgan fingerprint density at radius 2 is 2.04 bits per heavy atom. The highest BCUT2D eigenvalue weighted by Crippen LogP contribution is 2.22. The van der Waals surface area contributed by atoms with Crippen LogP contribution in [0.5, 0.6) is 0 Å². The van der Waals surface area contributed by atoms with Gasteiger partial charge in [-0.05, 0) is 31.0 Å². The third-order valence-electron chi connectivity index (χ3n) is 3.25. The first-order chi connectivity index (χ1) is 11.8. The second kappa shape index (κ2) is 8.36. The molecule has 25 heavy (non-hydrogen) atoms. The van der Waals surface area contributed by atoms with Crippen LogP contribution in [-0.4, -0.2) is 28.3 Å². The maximum Gasteiger partial charge on any atom is 0.343 e. The molecule has 1 amide bonds. The number of aryl methyl sites for hydroxylation is 1. The van der Waals surface area contributed by atoms with E-state index in [4.69, 9.17) is 27.9 Å². The number of benzene rings is 1. The number of esters is 1. The molecule has 1 N–H and O–H groups in total. The molecule has 6 nitrogen and oxygen atoms in total. The minimum Gasteiger partial charge on any atom is -0.452 e. The van der Waals surface area contributed by atoms with Crippen LogP contribution in [0.25, 0.3) is 0 Å². The number of nitrogens with zero attached hydrogens (tertiary/aromatic N) is 2. The molecule has 1 aromatic heterocycles. The molecule has 0 aliphatic heterocycles. The molecule has 0 radical (unpaired) electrons. The summed E-state index contributed by atoms with van der Waals surface area (Å²) in [5, 5.41) is 7.55. The lowest BCUT2D eigenvalue weighted by atomic mass is 10.2. The van der Waals surface area contributed by atoms with Gasteiger partial charge in [-0.1, -0.05) is 43.1 Å². The van der Waals surface area contributed by atoms with Crippen molar-refractivity contribution in [3.05, 3.63) is 45.7 Å². The zero-order valence-corrected chi connectivity index (χ0v) is 15.7. The van der Waals surface area contributed by atoms with Crippen LogP contribution in [-0.2, 0) is 16.1 Å². The van der Waals surface area contributed by atoms with E-state index in [0.717, 1.165) is 0 Å². The Hall–Kier alpha value is -2.05. The lowest BCUT2D eigenvalue weighted by Gasteiger charge is -2.08. The van der Waals surface area contributed by atoms with E-state index in [9.17, 15) is 9.59 Å². The highest BCUT2D eigenvalue weighted by Gasteiger charge is 2.22. The van der Waals surface area contributed by atoms with Gasteiger partial charge in [0.25, 0.3) is 5.91 Å². The largest absolute Gasteiger partial charge is 0.452 e. The van der Waals surface area contributed by atoms with E-state index in [2.05, 4.69) is 10.4 Å². The van der Waals surface area contributed by atoms with Gasteiger partial charge in [0.15, 0.2) is 6.61 Å². The second-order valence-electron chi connectivity index (χ2n) is 5.96. The fourth-order valence-electron chi connectivity index (χ4n) is 2.22. The summed E-state index contributed by atoms with van der Waals surface area (Å²) in [5.74, 6) is -0.832. The fourth-order valence-corrected chi connectivity index (χ4v) is 2.73. The van der Waals surface area contributed by atoms with Gasteiger partial charge in [-0.25, -0.2) is 4.79 Å². The first kappa shape index (κ1) is 19.3. The lowest BCUT2D eigenvalue weighted by Crippen LogP contribution is -2.21. The van der Waals surface area contributed by atoms with Gasteiger partial charge in [-0.2, -0.15) is 5.10 Å². The number of amides is 1. The topological polar surface area (TPSA) is 73.2 Å². The van der Waals surface area contributed by atoms with Crippen molar-refractivity contribution in [1.82, 2.24) is 9.78 Å². The highest BCUT2D eigenvalue weighted by molar-refractivity contribution is 6.32. The van der Waals surface area contributed by atoms with E-state index in [1.54, 1.807) is 35.9 Å². The molecule has 0 saturated carbocycles. The number of rotatable bonds is 6. The van der Waals surface area contributed by atoms with Crippen molar-refractivity contribution in [1.29, 1.82) is 0 Å². The summed E-state index contributed by atoms with van der Waals surface area (Å²) in [6, 6.07) is 6.67. The van der Waals surface area contributed by atoms with Crippen LogP contribution in [0.1, 0.15) is 29.9 Å². The summed E-state index contributed by atoms with van der Waals surface area (Å²) < 4.78 is 6.61. The van der Waals surface area contributed by atoms with Gasteiger partial charge in [-0.3, -0.25) is 9.48 Å². The summed E-state index contributed by atoms with van der Waals surface area (Å²) in [4.78, 5) is 24.1. The standard InChI is InChI=1S/C17H19Cl2N3O3/c1-10(2)8-22-16(19)15(11(3)21-22)17(24)25-9-14(23)20-13-6-4-5-12(18)7-13/h4-7,10H,8-9H2,1-3H3,(H,20,23). The Morgan fingerprint density at radius 3 is 2.68 bits per heavy atom. The minimum atomic E-state index is -0.682. The maximum absolute atomic E-state index is 12.2. The molecule has 0 unspecified atom stereocenters. The molecular formula is C17H19Cl2N3O3. The number of carbonyl (C=O) groups is 2. The Balaban J connectivity index is 1.98. The number of carbonyl (C=O) groups excluding carboxylic acids is 2. The van der Waals surface area contributed by atoms with Crippen LogP contribution in [0.4, 0.5) is 5.69 Å². The quantitative estimate of drug-likeness (QED) is 0.766. The Labute approximate surface area is 156 Å². The zero-order valence-electron chi connectivity index (χ0n) is 14.2. The van der Waals surface area contributed by atoms with Gasteiger partial charge in [0.2, 0.25) is 0 Å². The average molecular weight is 384 g/mol. The Kier molecular flexibility index (Phi) is 6.45. The van der Waals surface area contributed by atoms with E-state index < -0.39 is 18.5 Å². The predicted molar refractivity (Wildman–Crippen MR) is 97.2 cm³/mol. The lowest BCUT2D eigenvalue weighted by molar-refractivity contribution is -0.119.